The lowest BCUT2D eigenvalue weighted by Crippen LogP contribution is -2.95. The second kappa shape index (κ2) is 5.00. The van der Waals surface area contributed by atoms with Crippen LogP contribution < -0.4 is 5.32 Å². The van der Waals surface area contributed by atoms with Crippen LogP contribution in [0.3, 0.4) is 0 Å². The minimum Gasteiger partial charge on any atom is -0.385 e. The molecule has 4 unspecified atom stereocenters. The van der Waals surface area contributed by atoms with E-state index in [1.54, 1.807) is 0 Å². The van der Waals surface area contributed by atoms with Gasteiger partial charge < -0.3 is 15.6 Å². The molecule has 4 heteroatoms. The maximum atomic E-state index is 10.3. The fourth-order valence-electron chi connectivity index (χ4n) is 3.10. The van der Waals surface area contributed by atoms with Crippen LogP contribution in [0.2, 0.25) is 0 Å². The van der Waals surface area contributed by atoms with Gasteiger partial charge in [0, 0.05) is 0 Å². The largest absolute Gasteiger partial charge is 0.385 e. The number of quaternary nitrogens is 1. The first-order valence-corrected chi connectivity index (χ1v) is 6.61. The highest BCUT2D eigenvalue weighted by Crippen LogP contribution is 2.28. The number of nitrogens with two attached hydrogens (primary N) is 1. The molecule has 0 aromatic carbocycles. The SMILES string of the molecule is CC1[NH2+]C(C(O)C2CCCCC2)N(O)C1C. The molecule has 1 heterocycles. The molecule has 1 aliphatic heterocycles. The Bertz CT molecular complexity index is 231. The highest BCUT2D eigenvalue weighted by atomic mass is 16.5. The molecule has 0 aromatic rings. The van der Waals surface area contributed by atoms with Gasteiger partial charge in [0.2, 0.25) is 0 Å². The van der Waals surface area contributed by atoms with Gasteiger partial charge in [0.05, 0.1) is 6.04 Å². The van der Waals surface area contributed by atoms with Crippen molar-refractivity contribution in [2.24, 2.45) is 5.92 Å². The quantitative estimate of drug-likeness (QED) is 0.638. The predicted molar refractivity (Wildman–Crippen MR) is 60.8 cm³/mol. The van der Waals surface area contributed by atoms with Crippen LogP contribution in [0, 0.1) is 5.92 Å². The Morgan fingerprint density at radius 2 is 1.81 bits per heavy atom. The standard InChI is InChI=1S/C12H24N2O2/c1-8-9(2)14(16)12(13-8)11(15)10-6-4-3-5-7-10/h8-13,15-16H,3-7H2,1-2H3/p+1. The molecule has 0 aromatic heterocycles. The molecular formula is C12H25N2O2+. The first kappa shape index (κ1) is 12.3. The molecule has 0 radical (unpaired) electrons. The van der Waals surface area contributed by atoms with Crippen molar-refractivity contribution >= 4 is 0 Å². The van der Waals surface area contributed by atoms with Crippen molar-refractivity contribution in [1.82, 2.24) is 5.06 Å². The fraction of sp³-hybridized carbons (Fsp3) is 1.00. The summed E-state index contributed by atoms with van der Waals surface area (Å²) in [5, 5.41) is 23.8. The van der Waals surface area contributed by atoms with E-state index in [4.69, 9.17) is 0 Å². The minimum atomic E-state index is -0.391. The summed E-state index contributed by atoms with van der Waals surface area (Å²) in [6, 6.07) is 0.483. The fourth-order valence-corrected chi connectivity index (χ4v) is 3.10. The molecule has 2 rings (SSSR count). The molecule has 2 fully saturated rings. The Kier molecular flexibility index (Phi) is 3.85. The summed E-state index contributed by atoms with van der Waals surface area (Å²) in [6.07, 6.45) is 5.43. The third-order valence-electron chi connectivity index (χ3n) is 4.47. The molecule has 0 spiro atoms. The van der Waals surface area contributed by atoms with Crippen LogP contribution in [0.25, 0.3) is 0 Å². The lowest BCUT2D eigenvalue weighted by molar-refractivity contribution is -0.721. The van der Waals surface area contributed by atoms with Crippen LogP contribution in [-0.2, 0) is 0 Å². The van der Waals surface area contributed by atoms with Crippen LogP contribution in [0.1, 0.15) is 46.0 Å². The Morgan fingerprint density at radius 1 is 1.19 bits per heavy atom. The third-order valence-corrected chi connectivity index (χ3v) is 4.47. The Hall–Kier alpha value is -0.160. The maximum Gasteiger partial charge on any atom is 0.191 e. The minimum absolute atomic E-state index is 0.128. The highest BCUT2D eigenvalue weighted by Gasteiger charge is 2.45. The molecule has 0 amide bonds. The van der Waals surface area contributed by atoms with E-state index in [0.717, 1.165) is 12.8 Å². The first-order chi connectivity index (χ1) is 7.61. The van der Waals surface area contributed by atoms with E-state index >= 15 is 0 Å². The summed E-state index contributed by atoms with van der Waals surface area (Å²) in [7, 11) is 0. The van der Waals surface area contributed by atoms with Crippen LogP contribution in [0.15, 0.2) is 0 Å². The van der Waals surface area contributed by atoms with Crippen molar-refractivity contribution in [1.29, 1.82) is 0 Å². The van der Waals surface area contributed by atoms with Gasteiger partial charge in [0.15, 0.2) is 6.17 Å². The van der Waals surface area contributed by atoms with Gasteiger partial charge in [-0.25, -0.2) is 0 Å². The summed E-state index contributed by atoms with van der Waals surface area (Å²) in [5.74, 6) is 0.377. The van der Waals surface area contributed by atoms with Gasteiger partial charge >= 0.3 is 0 Å². The van der Waals surface area contributed by atoms with E-state index in [2.05, 4.69) is 12.2 Å². The predicted octanol–water partition coefficient (Wildman–Crippen LogP) is 0.299. The second-order valence-corrected chi connectivity index (χ2v) is 5.55. The molecule has 4 atom stereocenters. The zero-order valence-electron chi connectivity index (χ0n) is 10.3. The molecule has 4 N–H and O–H groups in total. The van der Waals surface area contributed by atoms with Gasteiger partial charge in [-0.1, -0.05) is 19.3 Å². The number of aliphatic hydroxyl groups excluding tert-OH is 1. The number of hydrogen-bond donors (Lipinski definition) is 3. The zero-order chi connectivity index (χ0) is 11.7. The van der Waals surface area contributed by atoms with Crippen molar-refractivity contribution in [3.8, 4) is 0 Å². The van der Waals surface area contributed by atoms with Gasteiger partial charge in [-0.05, 0) is 32.6 Å². The van der Waals surface area contributed by atoms with Gasteiger partial charge in [0.25, 0.3) is 0 Å². The van der Waals surface area contributed by atoms with Crippen molar-refractivity contribution in [2.75, 3.05) is 0 Å². The zero-order valence-corrected chi connectivity index (χ0v) is 10.3. The lowest BCUT2D eigenvalue weighted by Gasteiger charge is -2.30. The summed E-state index contributed by atoms with van der Waals surface area (Å²) >= 11 is 0. The van der Waals surface area contributed by atoms with Gasteiger partial charge in [-0.3, -0.25) is 0 Å². The average molecular weight is 229 g/mol. The molecule has 1 saturated heterocycles. The molecule has 1 saturated carbocycles. The molecule has 16 heavy (non-hydrogen) atoms. The van der Waals surface area contributed by atoms with E-state index in [0.29, 0.717) is 12.0 Å². The van der Waals surface area contributed by atoms with Crippen LogP contribution >= 0.6 is 0 Å². The topological polar surface area (TPSA) is 60.3 Å². The van der Waals surface area contributed by atoms with Crippen molar-refractivity contribution in [3.05, 3.63) is 0 Å². The van der Waals surface area contributed by atoms with Gasteiger partial charge in [0.1, 0.15) is 12.1 Å². The van der Waals surface area contributed by atoms with Crippen molar-refractivity contribution < 1.29 is 15.6 Å². The number of hydroxylamine groups is 2. The third kappa shape index (κ3) is 2.25. The number of rotatable bonds is 2. The van der Waals surface area contributed by atoms with Crippen LogP contribution in [0.4, 0.5) is 0 Å². The summed E-state index contributed by atoms with van der Waals surface area (Å²) in [4.78, 5) is 0. The summed E-state index contributed by atoms with van der Waals surface area (Å²) in [6.45, 7) is 4.11. The molecule has 94 valence electrons. The summed E-state index contributed by atoms with van der Waals surface area (Å²) in [5.41, 5.74) is 0. The molecule has 4 nitrogen and oxygen atoms in total. The monoisotopic (exact) mass is 229 g/mol. The molecular weight excluding hydrogens is 204 g/mol. The van der Waals surface area contributed by atoms with Gasteiger partial charge in [-0.15, -0.1) is 5.06 Å². The number of nitrogens with zero attached hydrogens (tertiary/aromatic N) is 1. The second-order valence-electron chi connectivity index (χ2n) is 5.55. The number of aliphatic hydroxyl groups is 1. The number of hydrogen-bond acceptors (Lipinski definition) is 3. The van der Waals surface area contributed by atoms with Gasteiger partial charge in [-0.2, -0.15) is 0 Å². The van der Waals surface area contributed by atoms with E-state index in [-0.39, 0.29) is 12.2 Å². The smallest absolute Gasteiger partial charge is 0.191 e. The van der Waals surface area contributed by atoms with Crippen molar-refractivity contribution in [3.63, 3.8) is 0 Å². The highest BCUT2D eigenvalue weighted by molar-refractivity contribution is 4.82. The van der Waals surface area contributed by atoms with Crippen LogP contribution in [0.5, 0.6) is 0 Å². The molecule has 0 bridgehead atoms. The maximum absolute atomic E-state index is 10.3. The van der Waals surface area contributed by atoms with E-state index < -0.39 is 6.10 Å². The molecule has 2 aliphatic rings. The summed E-state index contributed by atoms with van der Waals surface area (Å²) < 4.78 is 0. The van der Waals surface area contributed by atoms with Crippen molar-refractivity contribution in [2.45, 2.75) is 70.3 Å². The Morgan fingerprint density at radius 3 is 2.31 bits per heavy atom. The van der Waals surface area contributed by atoms with E-state index in [9.17, 15) is 10.3 Å². The first-order valence-electron chi connectivity index (χ1n) is 6.61. The lowest BCUT2D eigenvalue weighted by atomic mass is 9.84. The Labute approximate surface area is 97.6 Å². The molecule has 1 aliphatic carbocycles. The normalized spacial score (nSPS) is 40.1. The Balaban J connectivity index is 1.96. The van der Waals surface area contributed by atoms with Crippen LogP contribution in [-0.4, -0.2) is 39.7 Å². The van der Waals surface area contributed by atoms with E-state index in [1.807, 2.05) is 6.92 Å². The van der Waals surface area contributed by atoms with E-state index in [1.165, 1.54) is 24.3 Å². The average Bonchev–Trinajstić information content (AvgIpc) is 2.57.